The Morgan fingerprint density at radius 1 is 1.09 bits per heavy atom. The number of benzene rings is 2. The Bertz CT molecular complexity index is 895. The fourth-order valence-electron chi connectivity index (χ4n) is 2.14. The minimum atomic E-state index is -0.574. The molecule has 5 heteroatoms. The number of aromatic hydroxyl groups is 1. The summed E-state index contributed by atoms with van der Waals surface area (Å²) in [6.45, 7) is 0. The second-order valence-corrected chi connectivity index (χ2v) is 4.61. The molecule has 2 aromatic carbocycles. The molecule has 0 amide bonds. The van der Waals surface area contributed by atoms with Gasteiger partial charge in [-0.05, 0) is 30.3 Å². The van der Waals surface area contributed by atoms with Crippen LogP contribution in [0.15, 0.2) is 62.7 Å². The van der Waals surface area contributed by atoms with Crippen molar-refractivity contribution in [3.63, 3.8) is 0 Å². The summed E-state index contributed by atoms with van der Waals surface area (Å²) in [7, 11) is 1.59. The standard InChI is InChI=1S/C17H13NO4/c1-21-12-8-6-11(7-9-12)18-10-15-13-4-2-3-5-14(13)16(19)22-17(15)20/h2-10,20H,1H3. The second-order valence-electron chi connectivity index (χ2n) is 4.61. The minimum absolute atomic E-state index is 0.367. The summed E-state index contributed by atoms with van der Waals surface area (Å²) in [6, 6.07) is 14.0. The van der Waals surface area contributed by atoms with Crippen molar-refractivity contribution in [1.29, 1.82) is 0 Å². The number of fused-ring (bicyclic) bond motifs is 1. The number of hydrogen-bond donors (Lipinski definition) is 1. The first kappa shape index (κ1) is 13.9. The fourth-order valence-corrected chi connectivity index (χ4v) is 2.14. The van der Waals surface area contributed by atoms with Crippen molar-refractivity contribution in [1.82, 2.24) is 0 Å². The average molecular weight is 295 g/mol. The van der Waals surface area contributed by atoms with E-state index in [-0.39, 0.29) is 0 Å². The summed E-state index contributed by atoms with van der Waals surface area (Å²) in [5.41, 5.74) is 0.483. The first-order valence-corrected chi connectivity index (χ1v) is 6.62. The van der Waals surface area contributed by atoms with Gasteiger partial charge in [0.05, 0.1) is 23.7 Å². The molecule has 0 aliphatic carbocycles. The van der Waals surface area contributed by atoms with Gasteiger partial charge in [0, 0.05) is 11.6 Å². The molecule has 22 heavy (non-hydrogen) atoms. The third kappa shape index (κ3) is 2.56. The number of hydrogen-bond acceptors (Lipinski definition) is 5. The van der Waals surface area contributed by atoms with E-state index in [0.29, 0.717) is 22.0 Å². The molecule has 1 heterocycles. The van der Waals surface area contributed by atoms with Gasteiger partial charge in [-0.2, -0.15) is 0 Å². The van der Waals surface area contributed by atoms with Gasteiger partial charge in [0.15, 0.2) is 0 Å². The third-order valence-electron chi connectivity index (χ3n) is 3.27. The second kappa shape index (κ2) is 5.73. The molecule has 5 nitrogen and oxygen atoms in total. The van der Waals surface area contributed by atoms with E-state index in [9.17, 15) is 9.90 Å². The molecule has 0 aliphatic rings. The molecule has 1 aromatic heterocycles. The zero-order valence-corrected chi connectivity index (χ0v) is 11.8. The molecule has 0 radical (unpaired) electrons. The molecular weight excluding hydrogens is 282 g/mol. The van der Waals surface area contributed by atoms with E-state index in [2.05, 4.69) is 4.99 Å². The Labute approximate surface area is 126 Å². The molecule has 3 aromatic rings. The van der Waals surface area contributed by atoms with E-state index in [1.165, 1.54) is 6.21 Å². The van der Waals surface area contributed by atoms with Gasteiger partial charge in [0.25, 0.3) is 5.95 Å². The number of aliphatic imine (C=N–C) groups is 1. The molecule has 0 aliphatic heterocycles. The number of rotatable bonds is 3. The zero-order valence-electron chi connectivity index (χ0n) is 11.8. The van der Waals surface area contributed by atoms with Crippen LogP contribution in [0.5, 0.6) is 11.7 Å². The maximum Gasteiger partial charge on any atom is 0.346 e. The van der Waals surface area contributed by atoms with Crippen LogP contribution in [0.3, 0.4) is 0 Å². The largest absolute Gasteiger partial charge is 0.497 e. The molecule has 1 N–H and O–H groups in total. The lowest BCUT2D eigenvalue weighted by atomic mass is 10.1. The summed E-state index contributed by atoms with van der Waals surface area (Å²) in [4.78, 5) is 16.0. The topological polar surface area (TPSA) is 72.0 Å². The van der Waals surface area contributed by atoms with Crippen molar-refractivity contribution in [3.8, 4) is 11.7 Å². The number of nitrogens with zero attached hydrogens (tertiary/aromatic N) is 1. The molecule has 0 unspecified atom stereocenters. The van der Waals surface area contributed by atoms with Crippen LogP contribution in [-0.4, -0.2) is 18.4 Å². The molecule has 0 bridgehead atoms. The van der Waals surface area contributed by atoms with Gasteiger partial charge in [-0.15, -0.1) is 0 Å². The minimum Gasteiger partial charge on any atom is -0.497 e. The van der Waals surface area contributed by atoms with Crippen molar-refractivity contribution < 1.29 is 14.3 Å². The van der Waals surface area contributed by atoms with Gasteiger partial charge in [0.2, 0.25) is 0 Å². The Morgan fingerprint density at radius 2 is 1.77 bits per heavy atom. The highest BCUT2D eigenvalue weighted by Gasteiger charge is 2.10. The number of methoxy groups -OCH3 is 1. The molecule has 0 fully saturated rings. The van der Waals surface area contributed by atoms with Crippen LogP contribution in [0.25, 0.3) is 10.8 Å². The Kier molecular flexibility index (Phi) is 3.62. The van der Waals surface area contributed by atoms with E-state index < -0.39 is 11.6 Å². The van der Waals surface area contributed by atoms with Crippen LogP contribution >= 0.6 is 0 Å². The normalized spacial score (nSPS) is 11.1. The van der Waals surface area contributed by atoms with Crippen molar-refractivity contribution in [2.24, 2.45) is 4.99 Å². The summed E-state index contributed by atoms with van der Waals surface area (Å²) in [5.74, 6) is 0.291. The molecule has 110 valence electrons. The lowest BCUT2D eigenvalue weighted by molar-refractivity contribution is 0.312. The van der Waals surface area contributed by atoms with Gasteiger partial charge >= 0.3 is 5.63 Å². The first-order valence-electron chi connectivity index (χ1n) is 6.62. The van der Waals surface area contributed by atoms with Crippen molar-refractivity contribution in [2.45, 2.75) is 0 Å². The lowest BCUT2D eigenvalue weighted by Gasteiger charge is -2.03. The highest BCUT2D eigenvalue weighted by atomic mass is 16.5. The molecule has 0 saturated carbocycles. The van der Waals surface area contributed by atoms with Crippen molar-refractivity contribution >= 4 is 22.7 Å². The van der Waals surface area contributed by atoms with E-state index in [1.807, 2.05) is 0 Å². The summed E-state index contributed by atoms with van der Waals surface area (Å²) < 4.78 is 9.92. The zero-order chi connectivity index (χ0) is 15.5. The van der Waals surface area contributed by atoms with Crippen molar-refractivity contribution in [2.75, 3.05) is 7.11 Å². The first-order chi connectivity index (χ1) is 10.7. The molecule has 0 spiro atoms. The van der Waals surface area contributed by atoms with E-state index in [0.717, 1.165) is 5.75 Å². The maximum atomic E-state index is 11.7. The quantitative estimate of drug-likeness (QED) is 0.753. The highest BCUT2D eigenvalue weighted by molar-refractivity contribution is 6.01. The number of ether oxygens (including phenoxy) is 1. The van der Waals surface area contributed by atoms with Gasteiger partial charge in [0.1, 0.15) is 5.75 Å². The summed E-state index contributed by atoms with van der Waals surface area (Å²) in [6.07, 6.45) is 1.47. The predicted molar refractivity (Wildman–Crippen MR) is 84.4 cm³/mol. The molecular formula is C17H13NO4. The fraction of sp³-hybridized carbons (Fsp3) is 0.0588. The maximum absolute atomic E-state index is 11.7. The van der Waals surface area contributed by atoms with Crippen LogP contribution in [-0.2, 0) is 0 Å². The molecule has 3 rings (SSSR count). The van der Waals surface area contributed by atoms with Crippen LogP contribution in [0.4, 0.5) is 5.69 Å². The Hall–Kier alpha value is -3.08. The summed E-state index contributed by atoms with van der Waals surface area (Å²) >= 11 is 0. The highest BCUT2D eigenvalue weighted by Crippen LogP contribution is 2.24. The van der Waals surface area contributed by atoms with E-state index in [4.69, 9.17) is 9.15 Å². The van der Waals surface area contributed by atoms with Crippen molar-refractivity contribution in [3.05, 3.63) is 64.5 Å². The van der Waals surface area contributed by atoms with Gasteiger partial charge < -0.3 is 14.3 Å². The monoisotopic (exact) mass is 295 g/mol. The average Bonchev–Trinajstić information content (AvgIpc) is 2.55. The lowest BCUT2D eigenvalue weighted by Crippen LogP contribution is -2.01. The smallest absolute Gasteiger partial charge is 0.346 e. The summed E-state index contributed by atoms with van der Waals surface area (Å²) in [5, 5.41) is 10.9. The van der Waals surface area contributed by atoms with Crippen LogP contribution in [0.1, 0.15) is 5.56 Å². The predicted octanol–water partition coefficient (Wildman–Crippen LogP) is 3.26. The van der Waals surface area contributed by atoms with Crippen LogP contribution in [0.2, 0.25) is 0 Å². The Morgan fingerprint density at radius 3 is 2.45 bits per heavy atom. The third-order valence-corrected chi connectivity index (χ3v) is 3.27. The van der Waals surface area contributed by atoms with Crippen LogP contribution < -0.4 is 10.4 Å². The molecule has 0 atom stereocenters. The van der Waals surface area contributed by atoms with Crippen LogP contribution in [0, 0.1) is 0 Å². The van der Waals surface area contributed by atoms with E-state index >= 15 is 0 Å². The SMILES string of the molecule is COc1ccc(N=Cc2c(O)oc(=O)c3ccccc23)cc1. The Balaban J connectivity index is 2.06. The molecule has 0 saturated heterocycles. The van der Waals surface area contributed by atoms with E-state index in [1.54, 1.807) is 55.6 Å². The van der Waals surface area contributed by atoms with Gasteiger partial charge in [-0.25, -0.2) is 4.79 Å². The van der Waals surface area contributed by atoms with Gasteiger partial charge in [-0.1, -0.05) is 18.2 Å². The van der Waals surface area contributed by atoms with Gasteiger partial charge in [-0.3, -0.25) is 4.99 Å².